The molecule has 0 fully saturated rings. The highest BCUT2D eigenvalue weighted by Crippen LogP contribution is 2.40. The van der Waals surface area contributed by atoms with E-state index in [-0.39, 0.29) is 10.9 Å². The summed E-state index contributed by atoms with van der Waals surface area (Å²) in [5.74, 6) is 0. The molecule has 2 heterocycles. The summed E-state index contributed by atoms with van der Waals surface area (Å²) in [4.78, 5) is 5.25. The number of aromatic nitrogens is 1. The number of hydrogen-bond acceptors (Lipinski definition) is 1. The number of rotatable bonds is 1. The van der Waals surface area contributed by atoms with E-state index in [0.717, 1.165) is 0 Å². The maximum absolute atomic E-state index is 4.05. The minimum absolute atomic E-state index is 0.219. The quantitative estimate of drug-likeness (QED) is 0.625. The Morgan fingerprint density at radius 2 is 2.09 bits per heavy atom. The lowest BCUT2D eigenvalue weighted by Gasteiger charge is -2.07. The Balaban J connectivity index is 2.30. The number of allylic oxidation sites excluding steroid dienone is 2. The molecule has 1 aromatic rings. The highest BCUT2D eigenvalue weighted by Gasteiger charge is 2.00. The van der Waals surface area contributed by atoms with E-state index in [1.807, 2.05) is 12.3 Å². The summed E-state index contributed by atoms with van der Waals surface area (Å²) in [7, 11) is -0.219. The summed E-state index contributed by atoms with van der Waals surface area (Å²) in [6, 6.07) is 5.03. The SMILES string of the molecule is [c]1ccncc1[SH]1C=CC=C1. The van der Waals surface area contributed by atoms with Gasteiger partial charge in [0.15, 0.2) is 0 Å². The zero-order valence-corrected chi connectivity index (χ0v) is 6.83. The molecule has 55 valence electrons. The first-order valence-electron chi connectivity index (χ1n) is 3.42. The molecule has 0 unspecified atom stereocenters. The molecule has 0 saturated heterocycles. The fourth-order valence-electron chi connectivity index (χ4n) is 0.953. The highest BCUT2D eigenvalue weighted by molar-refractivity contribution is 8.22. The molecule has 1 aliphatic heterocycles. The topological polar surface area (TPSA) is 12.9 Å². The average molecular weight is 162 g/mol. The van der Waals surface area contributed by atoms with Crippen LogP contribution in [0, 0.1) is 6.07 Å². The predicted molar refractivity (Wildman–Crippen MR) is 48.6 cm³/mol. The van der Waals surface area contributed by atoms with Crippen LogP contribution in [-0.4, -0.2) is 4.98 Å². The molecule has 0 aromatic carbocycles. The third-order valence-electron chi connectivity index (χ3n) is 1.47. The average Bonchev–Trinajstić information content (AvgIpc) is 2.58. The third kappa shape index (κ3) is 1.35. The Hall–Kier alpha value is -1.02. The normalized spacial score (nSPS) is 17.6. The molecule has 2 heteroatoms. The molecular weight excluding hydrogens is 154 g/mol. The molecule has 0 amide bonds. The first-order valence-corrected chi connectivity index (χ1v) is 4.90. The lowest BCUT2D eigenvalue weighted by Crippen LogP contribution is -1.75. The van der Waals surface area contributed by atoms with Crippen molar-refractivity contribution in [1.29, 1.82) is 0 Å². The predicted octanol–water partition coefficient (Wildman–Crippen LogP) is 2.28. The van der Waals surface area contributed by atoms with E-state index in [9.17, 15) is 0 Å². The number of pyridine rings is 1. The molecule has 0 atom stereocenters. The van der Waals surface area contributed by atoms with E-state index >= 15 is 0 Å². The maximum Gasteiger partial charge on any atom is 0.0398 e. The lowest BCUT2D eigenvalue weighted by atomic mass is 10.5. The van der Waals surface area contributed by atoms with Gasteiger partial charge in [0, 0.05) is 17.3 Å². The van der Waals surface area contributed by atoms with Gasteiger partial charge in [-0.3, -0.25) is 4.98 Å². The van der Waals surface area contributed by atoms with Gasteiger partial charge in [-0.15, -0.1) is 0 Å². The fraction of sp³-hybridized carbons (Fsp3) is 0. The van der Waals surface area contributed by atoms with Crippen molar-refractivity contribution in [3.8, 4) is 0 Å². The monoisotopic (exact) mass is 162 g/mol. The summed E-state index contributed by atoms with van der Waals surface area (Å²) in [5, 5.41) is 4.39. The molecule has 0 aliphatic carbocycles. The summed E-state index contributed by atoms with van der Waals surface area (Å²) < 4.78 is 0. The van der Waals surface area contributed by atoms with Gasteiger partial charge in [0.2, 0.25) is 0 Å². The van der Waals surface area contributed by atoms with Gasteiger partial charge in [0.1, 0.15) is 0 Å². The molecular formula is C9H8NS. The summed E-state index contributed by atoms with van der Waals surface area (Å²) >= 11 is 0. The lowest BCUT2D eigenvalue weighted by molar-refractivity contribution is 1.23. The van der Waals surface area contributed by atoms with E-state index in [4.69, 9.17) is 0 Å². The second-order valence-electron chi connectivity index (χ2n) is 2.21. The van der Waals surface area contributed by atoms with Crippen LogP contribution in [0.25, 0.3) is 0 Å². The van der Waals surface area contributed by atoms with Crippen molar-refractivity contribution in [2.75, 3.05) is 0 Å². The van der Waals surface area contributed by atoms with Crippen LogP contribution < -0.4 is 0 Å². The van der Waals surface area contributed by atoms with Crippen molar-refractivity contribution >= 4 is 10.9 Å². The van der Waals surface area contributed by atoms with Gasteiger partial charge in [-0.1, -0.05) is 12.2 Å². The summed E-state index contributed by atoms with van der Waals surface area (Å²) in [5.41, 5.74) is 0. The van der Waals surface area contributed by atoms with Gasteiger partial charge in [-0.2, -0.15) is 10.9 Å². The van der Waals surface area contributed by atoms with Crippen LogP contribution in [0.1, 0.15) is 0 Å². The van der Waals surface area contributed by atoms with E-state index in [0.29, 0.717) is 0 Å². The van der Waals surface area contributed by atoms with Crippen molar-refractivity contribution in [1.82, 2.24) is 4.98 Å². The van der Waals surface area contributed by atoms with E-state index in [1.54, 1.807) is 6.20 Å². The number of thiol groups is 1. The van der Waals surface area contributed by atoms with Crippen molar-refractivity contribution in [2.24, 2.45) is 0 Å². The van der Waals surface area contributed by atoms with E-state index in [1.165, 1.54) is 4.90 Å². The summed E-state index contributed by atoms with van der Waals surface area (Å²) in [6.07, 6.45) is 7.78. The maximum atomic E-state index is 4.05. The van der Waals surface area contributed by atoms with Gasteiger partial charge < -0.3 is 0 Å². The second-order valence-corrected chi connectivity index (χ2v) is 4.11. The Kier molecular flexibility index (Phi) is 1.78. The third-order valence-corrected chi connectivity index (χ3v) is 3.26. The number of nitrogens with zero attached hydrogens (tertiary/aromatic N) is 1. The van der Waals surface area contributed by atoms with Crippen LogP contribution in [0.2, 0.25) is 0 Å². The largest absolute Gasteiger partial charge is 0.264 e. The van der Waals surface area contributed by atoms with E-state index < -0.39 is 0 Å². The summed E-state index contributed by atoms with van der Waals surface area (Å²) in [6.45, 7) is 0. The molecule has 1 nitrogen and oxygen atoms in total. The van der Waals surface area contributed by atoms with Crippen LogP contribution >= 0.6 is 10.9 Å². The molecule has 1 aromatic heterocycles. The Labute approximate surface area is 68.8 Å². The first kappa shape index (κ1) is 6.68. The molecule has 0 spiro atoms. The Bertz CT molecular complexity index is 278. The minimum Gasteiger partial charge on any atom is -0.264 e. The fourth-order valence-corrected chi connectivity index (χ4v) is 2.37. The molecule has 1 aliphatic rings. The molecule has 0 N–H and O–H groups in total. The van der Waals surface area contributed by atoms with Crippen LogP contribution in [0.15, 0.2) is 46.3 Å². The first-order chi connectivity index (χ1) is 5.47. The van der Waals surface area contributed by atoms with Gasteiger partial charge in [-0.05, 0) is 22.9 Å². The highest BCUT2D eigenvalue weighted by atomic mass is 32.2. The van der Waals surface area contributed by atoms with E-state index in [2.05, 4.69) is 34.0 Å². The van der Waals surface area contributed by atoms with Crippen molar-refractivity contribution < 1.29 is 0 Å². The van der Waals surface area contributed by atoms with Crippen molar-refractivity contribution in [3.05, 3.63) is 47.5 Å². The van der Waals surface area contributed by atoms with Gasteiger partial charge >= 0.3 is 0 Å². The molecule has 1 radical (unpaired) electrons. The molecule has 2 rings (SSSR count). The van der Waals surface area contributed by atoms with Crippen LogP contribution in [-0.2, 0) is 0 Å². The Morgan fingerprint density at radius 3 is 2.73 bits per heavy atom. The van der Waals surface area contributed by atoms with Crippen LogP contribution in [0.5, 0.6) is 0 Å². The van der Waals surface area contributed by atoms with Crippen molar-refractivity contribution in [2.45, 2.75) is 4.90 Å². The zero-order chi connectivity index (χ0) is 7.52. The smallest absolute Gasteiger partial charge is 0.0398 e. The minimum atomic E-state index is -0.219. The zero-order valence-electron chi connectivity index (χ0n) is 5.94. The molecule has 0 saturated carbocycles. The van der Waals surface area contributed by atoms with Gasteiger partial charge in [-0.25, -0.2) is 0 Å². The van der Waals surface area contributed by atoms with Crippen LogP contribution in [0.4, 0.5) is 0 Å². The molecule has 0 bridgehead atoms. The van der Waals surface area contributed by atoms with Crippen molar-refractivity contribution in [3.63, 3.8) is 0 Å². The Morgan fingerprint density at radius 1 is 1.27 bits per heavy atom. The van der Waals surface area contributed by atoms with Gasteiger partial charge in [0.25, 0.3) is 0 Å². The number of hydrogen-bond donors (Lipinski definition) is 1. The van der Waals surface area contributed by atoms with Crippen LogP contribution in [0.3, 0.4) is 0 Å². The van der Waals surface area contributed by atoms with Gasteiger partial charge in [0.05, 0.1) is 0 Å². The standard InChI is InChI=1S/C9H8NS/c1-2-7-11(6-1)9-4-3-5-10-8-9/h1-3,5-8,11H. The second kappa shape index (κ2) is 2.93. The molecule has 11 heavy (non-hydrogen) atoms.